The quantitative estimate of drug-likeness (QED) is 0.571. The first kappa shape index (κ1) is 10.6. The lowest BCUT2D eigenvalue weighted by Crippen LogP contribution is -2.19. The summed E-state index contributed by atoms with van der Waals surface area (Å²) >= 11 is 1.59. The van der Waals surface area contributed by atoms with Crippen LogP contribution < -0.4 is 10.3 Å². The smallest absolute Gasteiger partial charge is 0.0243 e. The molecule has 0 spiro atoms. The van der Waals surface area contributed by atoms with Gasteiger partial charge in [0.1, 0.15) is 0 Å². The Balaban J connectivity index is 2.68. The zero-order valence-corrected chi connectivity index (χ0v) is 9.11. The van der Waals surface area contributed by atoms with E-state index in [0.717, 1.165) is 0 Å². The number of hydrogen-bond acceptors (Lipinski definition) is 3. The Morgan fingerprint density at radius 3 is 2.69 bits per heavy atom. The van der Waals surface area contributed by atoms with Gasteiger partial charge in [-0.25, -0.2) is 0 Å². The molecule has 72 valence electrons. The zero-order chi connectivity index (χ0) is 9.68. The van der Waals surface area contributed by atoms with Gasteiger partial charge in [-0.1, -0.05) is 26.0 Å². The fraction of sp³-hybridized carbons (Fsp3) is 0.400. The zero-order valence-electron chi connectivity index (χ0n) is 8.29. The molecular formula is C10H16N2S. The third kappa shape index (κ3) is 3.38. The maximum atomic E-state index is 3.00. The molecule has 0 aromatic heterocycles. The normalized spacial score (nSPS) is 10.8. The highest BCUT2D eigenvalue weighted by atomic mass is 32.2. The average Bonchev–Trinajstić information content (AvgIpc) is 2.15. The molecule has 0 aliphatic rings. The van der Waals surface area contributed by atoms with Gasteiger partial charge in [0, 0.05) is 4.90 Å². The van der Waals surface area contributed by atoms with Crippen LogP contribution in [0.3, 0.4) is 0 Å². The second kappa shape index (κ2) is 5.27. The number of nitrogens with one attached hydrogen (secondary N) is 2. The SMILES string of the molecule is CNNSc1cccc(C(C)C)c1. The van der Waals surface area contributed by atoms with Gasteiger partial charge in [0.05, 0.1) is 0 Å². The molecule has 2 nitrogen and oxygen atoms in total. The molecule has 0 bridgehead atoms. The van der Waals surface area contributed by atoms with E-state index in [4.69, 9.17) is 0 Å². The maximum absolute atomic E-state index is 3.00. The first-order valence-electron chi connectivity index (χ1n) is 4.42. The van der Waals surface area contributed by atoms with E-state index in [9.17, 15) is 0 Å². The number of hydrazine groups is 1. The van der Waals surface area contributed by atoms with Gasteiger partial charge in [-0.05, 0) is 42.6 Å². The fourth-order valence-electron chi connectivity index (χ4n) is 1.05. The van der Waals surface area contributed by atoms with Crippen LogP contribution in [0.4, 0.5) is 0 Å². The van der Waals surface area contributed by atoms with Gasteiger partial charge in [0.15, 0.2) is 0 Å². The van der Waals surface area contributed by atoms with Crippen molar-refractivity contribution >= 4 is 11.9 Å². The predicted molar refractivity (Wildman–Crippen MR) is 58.6 cm³/mol. The summed E-state index contributed by atoms with van der Waals surface area (Å²) in [5, 5.41) is 0. The van der Waals surface area contributed by atoms with Gasteiger partial charge in [0.25, 0.3) is 0 Å². The highest BCUT2D eigenvalue weighted by Gasteiger charge is 1.99. The van der Waals surface area contributed by atoms with Gasteiger partial charge in [0.2, 0.25) is 0 Å². The minimum absolute atomic E-state index is 0.593. The van der Waals surface area contributed by atoms with Crippen molar-refractivity contribution in [2.75, 3.05) is 7.05 Å². The van der Waals surface area contributed by atoms with Crippen molar-refractivity contribution in [1.29, 1.82) is 0 Å². The molecule has 1 aromatic carbocycles. The van der Waals surface area contributed by atoms with Crippen LogP contribution in [0.5, 0.6) is 0 Å². The third-order valence-electron chi connectivity index (χ3n) is 1.80. The lowest BCUT2D eigenvalue weighted by Gasteiger charge is -2.07. The molecule has 0 saturated heterocycles. The predicted octanol–water partition coefficient (Wildman–Crippen LogP) is 2.54. The Morgan fingerprint density at radius 1 is 1.31 bits per heavy atom. The molecule has 1 rings (SSSR count). The Labute approximate surface area is 84.2 Å². The summed E-state index contributed by atoms with van der Waals surface area (Å²) in [6.07, 6.45) is 0. The first-order chi connectivity index (χ1) is 6.24. The van der Waals surface area contributed by atoms with Gasteiger partial charge in [-0.2, -0.15) is 4.83 Å². The first-order valence-corrected chi connectivity index (χ1v) is 5.24. The van der Waals surface area contributed by atoms with Crippen molar-refractivity contribution in [2.45, 2.75) is 24.7 Å². The van der Waals surface area contributed by atoms with Crippen LogP contribution >= 0.6 is 11.9 Å². The van der Waals surface area contributed by atoms with Gasteiger partial charge in [-0.15, -0.1) is 0 Å². The molecule has 0 aliphatic carbocycles. The fourth-order valence-corrected chi connectivity index (χ4v) is 1.61. The molecule has 1 aromatic rings. The number of benzene rings is 1. The van der Waals surface area contributed by atoms with Gasteiger partial charge < -0.3 is 0 Å². The monoisotopic (exact) mass is 196 g/mol. The number of hydrogen-bond donors (Lipinski definition) is 2. The van der Waals surface area contributed by atoms with Crippen LogP contribution in [-0.4, -0.2) is 7.05 Å². The second-order valence-electron chi connectivity index (χ2n) is 3.18. The molecule has 0 amide bonds. The summed E-state index contributed by atoms with van der Waals surface area (Å²) in [7, 11) is 1.86. The van der Waals surface area contributed by atoms with E-state index in [1.807, 2.05) is 7.05 Å². The molecule has 0 radical (unpaired) electrons. The average molecular weight is 196 g/mol. The summed E-state index contributed by atoms with van der Waals surface area (Å²) in [6, 6.07) is 8.56. The van der Waals surface area contributed by atoms with Crippen molar-refractivity contribution in [3.63, 3.8) is 0 Å². The molecule has 0 atom stereocenters. The Kier molecular flexibility index (Phi) is 4.28. The highest BCUT2D eigenvalue weighted by molar-refractivity contribution is 7.97. The molecule has 0 fully saturated rings. The van der Waals surface area contributed by atoms with Crippen molar-refractivity contribution in [3.05, 3.63) is 29.8 Å². The summed E-state index contributed by atoms with van der Waals surface area (Å²) in [4.78, 5) is 4.23. The van der Waals surface area contributed by atoms with Crippen LogP contribution in [0.25, 0.3) is 0 Å². The largest absolute Gasteiger partial charge is 0.251 e. The highest BCUT2D eigenvalue weighted by Crippen LogP contribution is 2.20. The van der Waals surface area contributed by atoms with Crippen LogP contribution in [0.15, 0.2) is 29.2 Å². The van der Waals surface area contributed by atoms with E-state index in [-0.39, 0.29) is 0 Å². The minimum atomic E-state index is 0.593. The van der Waals surface area contributed by atoms with Crippen LogP contribution in [0, 0.1) is 0 Å². The standard InChI is InChI=1S/C10H16N2S/c1-8(2)9-5-4-6-10(7-9)13-12-11-3/h4-8,11-12H,1-3H3. The third-order valence-corrected chi connectivity index (χ3v) is 2.59. The van der Waals surface area contributed by atoms with Crippen LogP contribution in [0.1, 0.15) is 25.3 Å². The van der Waals surface area contributed by atoms with Crippen LogP contribution in [0.2, 0.25) is 0 Å². The second-order valence-corrected chi connectivity index (χ2v) is 4.06. The van der Waals surface area contributed by atoms with E-state index in [2.05, 4.69) is 48.4 Å². The molecule has 0 unspecified atom stereocenters. The van der Waals surface area contributed by atoms with Crippen molar-refractivity contribution < 1.29 is 0 Å². The van der Waals surface area contributed by atoms with E-state index in [0.29, 0.717) is 5.92 Å². The van der Waals surface area contributed by atoms with E-state index in [1.165, 1.54) is 10.5 Å². The Morgan fingerprint density at radius 2 is 2.08 bits per heavy atom. The molecule has 0 saturated carbocycles. The lowest BCUT2D eigenvalue weighted by atomic mass is 10.0. The molecule has 2 N–H and O–H groups in total. The summed E-state index contributed by atoms with van der Waals surface area (Å²) in [5.74, 6) is 0.593. The summed E-state index contributed by atoms with van der Waals surface area (Å²) in [5.41, 5.74) is 4.26. The summed E-state index contributed by atoms with van der Waals surface area (Å²) in [6.45, 7) is 4.41. The molecule has 0 heterocycles. The maximum Gasteiger partial charge on any atom is 0.0243 e. The molecule has 0 aliphatic heterocycles. The Bertz CT molecular complexity index is 261. The number of rotatable bonds is 4. The van der Waals surface area contributed by atoms with Crippen molar-refractivity contribution in [3.8, 4) is 0 Å². The van der Waals surface area contributed by atoms with Gasteiger partial charge in [-0.3, -0.25) is 5.43 Å². The van der Waals surface area contributed by atoms with E-state index < -0.39 is 0 Å². The molecule has 13 heavy (non-hydrogen) atoms. The van der Waals surface area contributed by atoms with Crippen molar-refractivity contribution in [1.82, 2.24) is 10.3 Å². The van der Waals surface area contributed by atoms with Crippen molar-refractivity contribution in [2.24, 2.45) is 0 Å². The van der Waals surface area contributed by atoms with E-state index in [1.54, 1.807) is 11.9 Å². The Hall–Kier alpha value is -0.510. The summed E-state index contributed by atoms with van der Waals surface area (Å²) < 4.78 is 0. The van der Waals surface area contributed by atoms with Gasteiger partial charge >= 0.3 is 0 Å². The topological polar surface area (TPSA) is 24.1 Å². The molecule has 3 heteroatoms. The minimum Gasteiger partial charge on any atom is -0.251 e. The van der Waals surface area contributed by atoms with Crippen LogP contribution in [-0.2, 0) is 0 Å². The molecular weight excluding hydrogens is 180 g/mol. The van der Waals surface area contributed by atoms with E-state index >= 15 is 0 Å². The lowest BCUT2D eigenvalue weighted by molar-refractivity contribution is 0.815.